The second-order valence-corrected chi connectivity index (χ2v) is 3.10. The van der Waals surface area contributed by atoms with Crippen LogP contribution in [0.2, 0.25) is 0 Å². The average molecular weight is 209 g/mol. The zero-order valence-corrected chi connectivity index (χ0v) is 8.97. The number of nitrogens with zero attached hydrogens (tertiary/aromatic N) is 1. The van der Waals surface area contributed by atoms with Crippen molar-refractivity contribution in [2.75, 3.05) is 14.2 Å². The van der Waals surface area contributed by atoms with Crippen LogP contribution in [0.5, 0.6) is 0 Å². The summed E-state index contributed by atoms with van der Waals surface area (Å²) in [7, 11) is 3.12. The van der Waals surface area contributed by atoms with Gasteiger partial charge in [0.2, 0.25) is 0 Å². The molecule has 4 nitrogen and oxygen atoms in total. The summed E-state index contributed by atoms with van der Waals surface area (Å²) in [5.74, 6) is 0.0576. The number of methoxy groups -OCH3 is 2. The molecule has 1 aromatic heterocycles. The fourth-order valence-corrected chi connectivity index (χ4v) is 1.25. The Morgan fingerprint density at radius 3 is 2.73 bits per heavy atom. The fraction of sp³-hybridized carbons (Fsp3) is 0.455. The summed E-state index contributed by atoms with van der Waals surface area (Å²) in [5, 5.41) is 0. The number of hydrogen-bond donors (Lipinski definition) is 0. The van der Waals surface area contributed by atoms with Crippen LogP contribution in [0, 0.1) is 0 Å². The highest BCUT2D eigenvalue weighted by atomic mass is 16.7. The quantitative estimate of drug-likeness (QED) is 0.528. The fourth-order valence-electron chi connectivity index (χ4n) is 1.25. The van der Waals surface area contributed by atoms with E-state index in [1.165, 1.54) is 0 Å². The first-order valence-electron chi connectivity index (χ1n) is 4.76. The summed E-state index contributed by atoms with van der Waals surface area (Å²) in [6.07, 6.45) is 3.85. The van der Waals surface area contributed by atoms with Crippen LogP contribution in [-0.2, 0) is 9.47 Å². The molecule has 15 heavy (non-hydrogen) atoms. The zero-order chi connectivity index (χ0) is 11.1. The Morgan fingerprint density at radius 1 is 1.47 bits per heavy atom. The number of Topliss-reactive ketones (excluding diaryl/α,β-unsaturated/α-hetero) is 1. The molecule has 0 spiro atoms. The Labute approximate surface area is 89.2 Å². The number of aromatic nitrogens is 1. The molecule has 0 fully saturated rings. The second kappa shape index (κ2) is 6.27. The molecule has 0 N–H and O–H groups in total. The molecule has 1 rings (SSSR count). The van der Waals surface area contributed by atoms with Crippen molar-refractivity contribution in [2.45, 2.75) is 19.1 Å². The van der Waals surface area contributed by atoms with Gasteiger partial charge in [-0.25, -0.2) is 0 Å². The SMILES string of the molecule is COC(CCC(=O)c1cccnc1)OC. The monoisotopic (exact) mass is 209 g/mol. The molecule has 0 radical (unpaired) electrons. The molecule has 0 unspecified atom stereocenters. The van der Waals surface area contributed by atoms with E-state index in [0.29, 0.717) is 18.4 Å². The maximum atomic E-state index is 11.6. The van der Waals surface area contributed by atoms with Crippen molar-refractivity contribution in [2.24, 2.45) is 0 Å². The van der Waals surface area contributed by atoms with Crippen molar-refractivity contribution in [1.82, 2.24) is 4.98 Å². The molecule has 0 saturated carbocycles. The van der Waals surface area contributed by atoms with E-state index in [0.717, 1.165) is 0 Å². The van der Waals surface area contributed by atoms with E-state index in [1.807, 2.05) is 0 Å². The summed E-state index contributed by atoms with van der Waals surface area (Å²) in [6, 6.07) is 3.50. The van der Waals surface area contributed by atoms with E-state index in [1.54, 1.807) is 38.7 Å². The van der Waals surface area contributed by atoms with Gasteiger partial charge in [0.25, 0.3) is 0 Å². The average Bonchev–Trinajstić information content (AvgIpc) is 2.31. The molecule has 1 heterocycles. The Morgan fingerprint density at radius 2 is 2.20 bits per heavy atom. The number of carbonyl (C=O) groups is 1. The van der Waals surface area contributed by atoms with Gasteiger partial charge in [0, 0.05) is 45.0 Å². The van der Waals surface area contributed by atoms with E-state index >= 15 is 0 Å². The molecule has 1 aromatic rings. The summed E-state index contributed by atoms with van der Waals surface area (Å²) in [5.41, 5.74) is 0.628. The molecule has 0 bridgehead atoms. The number of ketones is 1. The molecular formula is C11H15NO3. The van der Waals surface area contributed by atoms with Gasteiger partial charge in [0.05, 0.1) is 0 Å². The maximum Gasteiger partial charge on any atom is 0.164 e. The number of carbonyl (C=O) groups excluding carboxylic acids is 1. The Kier molecular flexibility index (Phi) is 4.93. The second-order valence-electron chi connectivity index (χ2n) is 3.10. The van der Waals surface area contributed by atoms with Crippen molar-refractivity contribution in [3.63, 3.8) is 0 Å². The van der Waals surface area contributed by atoms with E-state index < -0.39 is 0 Å². The van der Waals surface area contributed by atoms with Crippen molar-refractivity contribution in [3.05, 3.63) is 30.1 Å². The lowest BCUT2D eigenvalue weighted by Gasteiger charge is -2.11. The van der Waals surface area contributed by atoms with E-state index in [9.17, 15) is 4.79 Å². The highest BCUT2D eigenvalue weighted by Gasteiger charge is 2.10. The predicted molar refractivity (Wildman–Crippen MR) is 55.6 cm³/mol. The third-order valence-corrected chi connectivity index (χ3v) is 2.12. The van der Waals surface area contributed by atoms with Crippen LogP contribution >= 0.6 is 0 Å². The molecule has 82 valence electrons. The minimum atomic E-state index is -0.314. The van der Waals surface area contributed by atoms with Crippen LogP contribution in [0.4, 0.5) is 0 Å². The summed E-state index contributed by atoms with van der Waals surface area (Å²) in [6.45, 7) is 0. The molecule has 0 amide bonds. The standard InChI is InChI=1S/C11H15NO3/c1-14-11(15-2)6-5-10(13)9-4-3-7-12-8-9/h3-4,7-8,11H,5-6H2,1-2H3. The van der Waals surface area contributed by atoms with Gasteiger partial charge >= 0.3 is 0 Å². The van der Waals surface area contributed by atoms with Crippen molar-refractivity contribution < 1.29 is 14.3 Å². The predicted octanol–water partition coefficient (Wildman–Crippen LogP) is 1.66. The van der Waals surface area contributed by atoms with Gasteiger partial charge < -0.3 is 9.47 Å². The van der Waals surface area contributed by atoms with Gasteiger partial charge in [-0.3, -0.25) is 9.78 Å². The normalized spacial score (nSPS) is 10.6. The zero-order valence-electron chi connectivity index (χ0n) is 8.97. The van der Waals surface area contributed by atoms with Crippen molar-refractivity contribution in [3.8, 4) is 0 Å². The number of pyridine rings is 1. The van der Waals surface area contributed by atoms with Gasteiger partial charge in [-0.1, -0.05) is 0 Å². The Bertz CT molecular complexity index is 296. The van der Waals surface area contributed by atoms with Crippen LogP contribution in [0.15, 0.2) is 24.5 Å². The third kappa shape index (κ3) is 3.77. The number of ether oxygens (including phenoxy) is 2. The molecule has 0 atom stereocenters. The van der Waals surface area contributed by atoms with E-state index in [4.69, 9.17) is 9.47 Å². The molecule has 0 aliphatic rings. The van der Waals surface area contributed by atoms with Gasteiger partial charge in [-0.15, -0.1) is 0 Å². The highest BCUT2D eigenvalue weighted by molar-refractivity contribution is 5.95. The topological polar surface area (TPSA) is 48.4 Å². The van der Waals surface area contributed by atoms with Crippen LogP contribution in [0.3, 0.4) is 0 Å². The van der Waals surface area contributed by atoms with Crippen LogP contribution in [0.1, 0.15) is 23.2 Å². The molecule has 0 aliphatic heterocycles. The highest BCUT2D eigenvalue weighted by Crippen LogP contribution is 2.07. The lowest BCUT2D eigenvalue weighted by Crippen LogP contribution is -2.14. The Hall–Kier alpha value is -1.26. The van der Waals surface area contributed by atoms with Gasteiger partial charge in [0.15, 0.2) is 12.1 Å². The largest absolute Gasteiger partial charge is 0.356 e. The molecular weight excluding hydrogens is 194 g/mol. The maximum absolute atomic E-state index is 11.6. The van der Waals surface area contributed by atoms with Crippen LogP contribution in [-0.4, -0.2) is 31.3 Å². The van der Waals surface area contributed by atoms with Gasteiger partial charge in [-0.05, 0) is 12.1 Å². The number of hydrogen-bond acceptors (Lipinski definition) is 4. The lowest BCUT2D eigenvalue weighted by atomic mass is 10.1. The van der Waals surface area contributed by atoms with Gasteiger partial charge in [0.1, 0.15) is 0 Å². The first-order valence-corrected chi connectivity index (χ1v) is 4.76. The molecule has 0 aliphatic carbocycles. The minimum absolute atomic E-state index is 0.0576. The van der Waals surface area contributed by atoms with Crippen LogP contribution < -0.4 is 0 Å². The van der Waals surface area contributed by atoms with Crippen LogP contribution in [0.25, 0.3) is 0 Å². The summed E-state index contributed by atoms with van der Waals surface area (Å²) < 4.78 is 9.99. The molecule has 4 heteroatoms. The summed E-state index contributed by atoms with van der Waals surface area (Å²) >= 11 is 0. The third-order valence-electron chi connectivity index (χ3n) is 2.12. The first-order chi connectivity index (χ1) is 7.27. The van der Waals surface area contributed by atoms with E-state index in [2.05, 4.69) is 4.98 Å². The van der Waals surface area contributed by atoms with E-state index in [-0.39, 0.29) is 12.1 Å². The summed E-state index contributed by atoms with van der Waals surface area (Å²) in [4.78, 5) is 15.5. The van der Waals surface area contributed by atoms with Crippen molar-refractivity contribution >= 4 is 5.78 Å². The smallest absolute Gasteiger partial charge is 0.164 e. The molecule has 0 aromatic carbocycles. The lowest BCUT2D eigenvalue weighted by molar-refractivity contribution is -0.105. The number of rotatable bonds is 6. The molecule has 0 saturated heterocycles. The first kappa shape index (κ1) is 11.8. The van der Waals surface area contributed by atoms with Gasteiger partial charge in [-0.2, -0.15) is 0 Å². The Balaban J connectivity index is 2.43. The van der Waals surface area contributed by atoms with Crippen molar-refractivity contribution in [1.29, 1.82) is 0 Å². The minimum Gasteiger partial charge on any atom is -0.356 e.